The highest BCUT2D eigenvalue weighted by Crippen LogP contribution is 2.30. The number of fused-ring (bicyclic) bond motifs is 1. The zero-order valence-electron chi connectivity index (χ0n) is 18.4. The third kappa shape index (κ3) is 5.25. The van der Waals surface area contributed by atoms with E-state index in [0.717, 1.165) is 23.4 Å². The summed E-state index contributed by atoms with van der Waals surface area (Å²) in [7, 11) is 1.60. The molecule has 0 aliphatic carbocycles. The van der Waals surface area contributed by atoms with Crippen molar-refractivity contribution in [1.29, 1.82) is 5.41 Å². The molecule has 2 aromatic rings. The Hall–Kier alpha value is -3.59. The number of thioether (sulfide) groups is 1. The normalized spacial score (nSPS) is 16.4. The molecule has 9 heteroatoms. The lowest BCUT2D eigenvalue weighted by Gasteiger charge is -2.20. The minimum atomic E-state index is -0.430. The molecule has 1 N–H and O–H groups in total. The number of ether oxygens (including phenoxy) is 3. The first kappa shape index (κ1) is 22.6. The number of para-hydroxylation sites is 2. The van der Waals surface area contributed by atoms with Crippen LogP contribution in [0.1, 0.15) is 25.3 Å². The molecule has 0 radical (unpaired) electrons. The molecule has 0 saturated carbocycles. The van der Waals surface area contributed by atoms with Gasteiger partial charge in [0.25, 0.3) is 5.91 Å². The molecule has 0 aromatic heterocycles. The van der Waals surface area contributed by atoms with E-state index in [1.165, 1.54) is 16.8 Å². The van der Waals surface area contributed by atoms with Crippen LogP contribution in [0.5, 0.6) is 17.2 Å². The molecule has 0 spiro atoms. The number of amidine groups is 2. The van der Waals surface area contributed by atoms with E-state index < -0.39 is 5.91 Å². The Kier molecular flexibility index (Phi) is 7.09. The van der Waals surface area contributed by atoms with E-state index in [0.29, 0.717) is 35.6 Å². The average molecular weight is 465 g/mol. The summed E-state index contributed by atoms with van der Waals surface area (Å²) in [6.45, 7) is 2.79. The van der Waals surface area contributed by atoms with E-state index >= 15 is 0 Å². The molecule has 0 atom stereocenters. The maximum atomic E-state index is 12.5. The van der Waals surface area contributed by atoms with Crippen molar-refractivity contribution in [3.8, 4) is 17.2 Å². The molecule has 2 heterocycles. The molecule has 2 aromatic carbocycles. The smallest absolute Gasteiger partial charge is 0.283 e. The first-order valence-corrected chi connectivity index (χ1v) is 11.4. The second kappa shape index (κ2) is 10.4. The second-order valence-corrected chi connectivity index (χ2v) is 8.22. The number of hydrazone groups is 1. The number of hydrogen-bond donors (Lipinski definition) is 1. The van der Waals surface area contributed by atoms with Gasteiger partial charge in [-0.15, -0.1) is 0 Å². The Labute approximate surface area is 196 Å². The molecule has 0 fully saturated rings. The molecule has 4 rings (SSSR count). The van der Waals surface area contributed by atoms with E-state index in [9.17, 15) is 4.79 Å². The van der Waals surface area contributed by atoms with Gasteiger partial charge in [0.05, 0.1) is 12.7 Å². The minimum absolute atomic E-state index is 0.0393. The molecule has 0 unspecified atom stereocenters. The van der Waals surface area contributed by atoms with Crippen molar-refractivity contribution < 1.29 is 19.0 Å². The number of hydrogen-bond acceptors (Lipinski definition) is 7. The summed E-state index contributed by atoms with van der Waals surface area (Å²) in [4.78, 5) is 16.6. The third-order valence-electron chi connectivity index (χ3n) is 4.83. The van der Waals surface area contributed by atoms with Gasteiger partial charge in [-0.05, 0) is 60.5 Å². The van der Waals surface area contributed by atoms with Gasteiger partial charge in [-0.3, -0.25) is 10.2 Å². The number of carbonyl (C=O) groups is 1. The number of rotatable bonds is 9. The minimum Gasteiger partial charge on any atom is -0.493 e. The lowest BCUT2D eigenvalue weighted by atomic mass is 10.1. The molecule has 8 nitrogen and oxygen atoms in total. The molecule has 33 heavy (non-hydrogen) atoms. The van der Waals surface area contributed by atoms with E-state index in [-0.39, 0.29) is 11.4 Å². The lowest BCUT2D eigenvalue weighted by molar-refractivity contribution is -0.114. The van der Waals surface area contributed by atoms with Gasteiger partial charge in [0.2, 0.25) is 5.17 Å². The van der Waals surface area contributed by atoms with Crippen LogP contribution in [0.3, 0.4) is 0 Å². The number of nitrogens with one attached hydrogen (secondary N) is 1. The van der Waals surface area contributed by atoms with Crippen LogP contribution in [0.25, 0.3) is 6.08 Å². The summed E-state index contributed by atoms with van der Waals surface area (Å²) in [5, 5.41) is 15.6. The van der Waals surface area contributed by atoms with Gasteiger partial charge < -0.3 is 14.2 Å². The van der Waals surface area contributed by atoms with Crippen molar-refractivity contribution >= 4 is 39.8 Å². The van der Waals surface area contributed by atoms with Gasteiger partial charge in [0.15, 0.2) is 17.3 Å². The highest BCUT2D eigenvalue weighted by Gasteiger charge is 2.35. The Morgan fingerprint density at radius 2 is 1.79 bits per heavy atom. The molecule has 2 aliphatic rings. The first-order valence-electron chi connectivity index (χ1n) is 10.6. The molecular formula is C24H24N4O4S. The highest BCUT2D eigenvalue weighted by molar-refractivity contribution is 8.26. The van der Waals surface area contributed by atoms with Crippen LogP contribution in [0.4, 0.5) is 0 Å². The Balaban J connectivity index is 1.35. The number of nitrogens with zero attached hydrogens (tertiary/aromatic N) is 3. The van der Waals surface area contributed by atoms with Gasteiger partial charge in [-0.25, -0.2) is 0 Å². The SMILES string of the molecule is CCCC1=NN2C(=N)C(=Cc3ccc(OCCOc4ccccc4OC)cc3)C(=O)N=C2S1. The topological polar surface area (TPSA) is 96.6 Å². The molecule has 1 amide bonds. The Bertz CT molecular complexity index is 1140. The van der Waals surface area contributed by atoms with Crippen molar-refractivity contribution in [2.24, 2.45) is 10.1 Å². The van der Waals surface area contributed by atoms with Crippen molar-refractivity contribution in [2.45, 2.75) is 19.8 Å². The fraction of sp³-hybridized carbons (Fsp3) is 0.250. The van der Waals surface area contributed by atoms with Crippen LogP contribution in [0, 0.1) is 5.41 Å². The van der Waals surface area contributed by atoms with Gasteiger partial charge >= 0.3 is 0 Å². The van der Waals surface area contributed by atoms with E-state index in [4.69, 9.17) is 19.6 Å². The van der Waals surface area contributed by atoms with Crippen molar-refractivity contribution in [2.75, 3.05) is 20.3 Å². The summed E-state index contributed by atoms with van der Waals surface area (Å²) >= 11 is 1.35. The zero-order chi connectivity index (χ0) is 23.2. The van der Waals surface area contributed by atoms with Gasteiger partial charge in [-0.2, -0.15) is 15.1 Å². The standard InChI is InChI=1S/C24H24N4O4S/c1-3-6-21-27-28-22(25)18(23(29)26-24(28)33-21)15-16-9-11-17(12-10-16)31-13-14-32-20-8-5-4-7-19(20)30-2/h4-5,7-12,15,25H,3,6,13-14H2,1-2H3. The van der Waals surface area contributed by atoms with Crippen LogP contribution >= 0.6 is 11.8 Å². The fourth-order valence-electron chi connectivity index (χ4n) is 3.22. The predicted molar refractivity (Wildman–Crippen MR) is 130 cm³/mol. The largest absolute Gasteiger partial charge is 0.493 e. The average Bonchev–Trinajstić information content (AvgIpc) is 3.23. The fourth-order valence-corrected chi connectivity index (χ4v) is 4.21. The zero-order valence-corrected chi connectivity index (χ0v) is 19.2. The third-order valence-corrected chi connectivity index (χ3v) is 5.80. The molecular weight excluding hydrogens is 440 g/mol. The highest BCUT2D eigenvalue weighted by atomic mass is 32.2. The number of benzene rings is 2. The molecule has 0 bridgehead atoms. The summed E-state index contributed by atoms with van der Waals surface area (Å²) in [5.74, 6) is 1.63. The van der Waals surface area contributed by atoms with E-state index in [2.05, 4.69) is 17.0 Å². The van der Waals surface area contributed by atoms with Crippen LogP contribution in [0.15, 0.2) is 64.2 Å². The monoisotopic (exact) mass is 464 g/mol. The Morgan fingerprint density at radius 3 is 2.52 bits per heavy atom. The van der Waals surface area contributed by atoms with Crippen molar-refractivity contribution in [3.63, 3.8) is 0 Å². The van der Waals surface area contributed by atoms with Crippen LogP contribution in [0.2, 0.25) is 0 Å². The first-order chi connectivity index (χ1) is 16.1. The van der Waals surface area contributed by atoms with Gasteiger partial charge in [0.1, 0.15) is 24.0 Å². The Morgan fingerprint density at radius 1 is 1.06 bits per heavy atom. The summed E-state index contributed by atoms with van der Waals surface area (Å²) in [6.07, 6.45) is 3.39. The number of carbonyl (C=O) groups excluding carboxylic acids is 1. The summed E-state index contributed by atoms with van der Waals surface area (Å²) < 4.78 is 16.7. The van der Waals surface area contributed by atoms with Crippen LogP contribution in [-0.2, 0) is 4.79 Å². The van der Waals surface area contributed by atoms with E-state index in [1.54, 1.807) is 13.2 Å². The summed E-state index contributed by atoms with van der Waals surface area (Å²) in [6, 6.07) is 14.7. The quantitative estimate of drug-likeness (QED) is 0.431. The predicted octanol–water partition coefficient (Wildman–Crippen LogP) is 4.57. The van der Waals surface area contributed by atoms with E-state index in [1.807, 2.05) is 48.5 Å². The van der Waals surface area contributed by atoms with Gasteiger partial charge in [-0.1, -0.05) is 31.2 Å². The molecule has 2 aliphatic heterocycles. The van der Waals surface area contributed by atoms with Crippen molar-refractivity contribution in [3.05, 3.63) is 59.7 Å². The number of aliphatic imine (C=N–C) groups is 1. The van der Waals surface area contributed by atoms with Crippen LogP contribution in [-0.4, -0.2) is 47.3 Å². The van der Waals surface area contributed by atoms with Crippen LogP contribution < -0.4 is 14.2 Å². The summed E-state index contributed by atoms with van der Waals surface area (Å²) in [5.41, 5.74) is 0.976. The lowest BCUT2D eigenvalue weighted by Crippen LogP contribution is -2.35. The van der Waals surface area contributed by atoms with Crippen molar-refractivity contribution in [1.82, 2.24) is 5.01 Å². The number of amides is 1. The maximum Gasteiger partial charge on any atom is 0.283 e. The number of methoxy groups -OCH3 is 1. The maximum absolute atomic E-state index is 12.5. The second-order valence-electron chi connectivity index (χ2n) is 7.18. The van der Waals surface area contributed by atoms with Gasteiger partial charge in [0, 0.05) is 0 Å². The molecule has 0 saturated heterocycles. The molecule has 170 valence electrons.